The molecule has 0 saturated carbocycles. The molecule has 92 valence electrons. The fourth-order valence-electron chi connectivity index (χ4n) is 1.78. The van der Waals surface area contributed by atoms with Gasteiger partial charge >= 0.3 is 0 Å². The minimum atomic E-state index is 0.985. The third-order valence-electron chi connectivity index (χ3n) is 3.15. The van der Waals surface area contributed by atoms with Crippen molar-refractivity contribution < 1.29 is 0 Å². The number of thiol groups is 2. The fraction of sp³-hybridized carbons (Fsp3) is 0.125. The Hall–Kier alpha value is -1.12. The van der Waals surface area contributed by atoms with Crippen molar-refractivity contribution in [2.45, 2.75) is 23.6 Å². The van der Waals surface area contributed by atoms with E-state index < -0.39 is 0 Å². The van der Waals surface area contributed by atoms with E-state index in [1.165, 1.54) is 22.3 Å². The van der Waals surface area contributed by atoms with E-state index in [1.807, 2.05) is 18.2 Å². The Morgan fingerprint density at radius 1 is 0.778 bits per heavy atom. The molecule has 18 heavy (non-hydrogen) atoms. The predicted octanol–water partition coefficient (Wildman–Crippen LogP) is 5.05. The maximum Gasteiger partial charge on any atom is 0.00722 e. The maximum absolute atomic E-state index is 4.43. The van der Waals surface area contributed by atoms with Gasteiger partial charge in [0, 0.05) is 9.79 Å². The Labute approximate surface area is 120 Å². The van der Waals surface area contributed by atoms with Gasteiger partial charge in [-0.1, -0.05) is 30.4 Å². The van der Waals surface area contributed by atoms with Crippen LogP contribution < -0.4 is 0 Å². The van der Waals surface area contributed by atoms with Crippen LogP contribution in [0.25, 0.3) is 12.2 Å². The highest BCUT2D eigenvalue weighted by molar-refractivity contribution is 7.80. The number of rotatable bonds is 2. The zero-order valence-electron chi connectivity index (χ0n) is 10.5. The van der Waals surface area contributed by atoms with Gasteiger partial charge in [0.15, 0.2) is 0 Å². The largest absolute Gasteiger partial charge is 0.143 e. The molecule has 0 atom stereocenters. The molecule has 0 aliphatic rings. The van der Waals surface area contributed by atoms with Gasteiger partial charge in [0.1, 0.15) is 0 Å². The first-order chi connectivity index (χ1) is 8.58. The van der Waals surface area contributed by atoms with Gasteiger partial charge in [0.25, 0.3) is 0 Å². The molecule has 0 radical (unpaired) electrons. The second-order valence-corrected chi connectivity index (χ2v) is 5.35. The SMILES string of the molecule is Cc1c(S)ccc(C=Cc2ccc(S)cc2)c1C. The van der Waals surface area contributed by atoms with Crippen LogP contribution in [0.5, 0.6) is 0 Å². The van der Waals surface area contributed by atoms with E-state index >= 15 is 0 Å². The molecule has 0 nitrogen and oxygen atoms in total. The maximum atomic E-state index is 4.43. The third kappa shape index (κ3) is 3.01. The lowest BCUT2D eigenvalue weighted by Gasteiger charge is -2.07. The van der Waals surface area contributed by atoms with E-state index in [0.717, 1.165) is 9.79 Å². The van der Waals surface area contributed by atoms with Gasteiger partial charge in [0.2, 0.25) is 0 Å². The molecule has 0 spiro atoms. The molecule has 0 amide bonds. The summed E-state index contributed by atoms with van der Waals surface area (Å²) in [6.45, 7) is 4.23. The molecule has 2 heteroatoms. The minimum Gasteiger partial charge on any atom is -0.143 e. The third-order valence-corrected chi connectivity index (χ3v) is 3.93. The van der Waals surface area contributed by atoms with E-state index in [2.05, 4.69) is 69.5 Å². The molecule has 0 saturated heterocycles. The first-order valence-electron chi connectivity index (χ1n) is 5.84. The molecule has 0 aliphatic carbocycles. The molecule has 0 unspecified atom stereocenters. The number of hydrogen-bond acceptors (Lipinski definition) is 2. The standard InChI is InChI=1S/C16H16S2/c1-11-12(2)16(18)10-7-14(11)6-3-13-4-8-15(17)9-5-13/h3-10,17-18H,1-2H3. The van der Waals surface area contributed by atoms with Crippen molar-refractivity contribution >= 4 is 37.4 Å². The van der Waals surface area contributed by atoms with Crippen LogP contribution in [-0.4, -0.2) is 0 Å². The Morgan fingerprint density at radius 3 is 2.11 bits per heavy atom. The first-order valence-corrected chi connectivity index (χ1v) is 6.73. The van der Waals surface area contributed by atoms with Crippen molar-refractivity contribution in [3.8, 4) is 0 Å². The van der Waals surface area contributed by atoms with E-state index in [4.69, 9.17) is 0 Å². The summed E-state index contributed by atoms with van der Waals surface area (Å²) in [5, 5.41) is 0. The molecular weight excluding hydrogens is 256 g/mol. The number of hydrogen-bond donors (Lipinski definition) is 2. The molecule has 0 fully saturated rings. The van der Waals surface area contributed by atoms with Crippen LogP contribution in [0.3, 0.4) is 0 Å². The average molecular weight is 272 g/mol. The van der Waals surface area contributed by atoms with Gasteiger partial charge in [-0.05, 0) is 54.3 Å². The summed E-state index contributed by atoms with van der Waals surface area (Å²) in [4.78, 5) is 2.03. The van der Waals surface area contributed by atoms with Crippen molar-refractivity contribution in [2.24, 2.45) is 0 Å². The summed E-state index contributed by atoms with van der Waals surface area (Å²) in [6, 6.07) is 12.3. The zero-order valence-corrected chi connectivity index (χ0v) is 12.3. The summed E-state index contributed by atoms with van der Waals surface area (Å²) >= 11 is 8.71. The lowest BCUT2D eigenvalue weighted by Crippen LogP contribution is -1.87. The normalized spacial score (nSPS) is 11.1. The molecule has 0 bridgehead atoms. The Balaban J connectivity index is 2.29. The van der Waals surface area contributed by atoms with Gasteiger partial charge in [-0.15, -0.1) is 25.3 Å². The van der Waals surface area contributed by atoms with Crippen molar-refractivity contribution in [3.63, 3.8) is 0 Å². The monoisotopic (exact) mass is 272 g/mol. The van der Waals surface area contributed by atoms with Gasteiger partial charge < -0.3 is 0 Å². The summed E-state index contributed by atoms with van der Waals surface area (Å²) in [5.74, 6) is 0. The summed E-state index contributed by atoms with van der Waals surface area (Å²) in [6.07, 6.45) is 4.26. The molecule has 2 aromatic carbocycles. The molecule has 0 aliphatic heterocycles. The summed E-state index contributed by atoms with van der Waals surface area (Å²) in [7, 11) is 0. The molecule has 0 N–H and O–H groups in total. The van der Waals surface area contributed by atoms with Gasteiger partial charge in [-0.3, -0.25) is 0 Å². The topological polar surface area (TPSA) is 0 Å². The molecule has 0 heterocycles. The second-order valence-electron chi connectivity index (χ2n) is 4.35. The van der Waals surface area contributed by atoms with Crippen molar-refractivity contribution in [2.75, 3.05) is 0 Å². The summed E-state index contributed by atoms with van der Waals surface area (Å²) in [5.41, 5.74) is 4.94. The summed E-state index contributed by atoms with van der Waals surface area (Å²) < 4.78 is 0. The van der Waals surface area contributed by atoms with Crippen LogP contribution in [0.4, 0.5) is 0 Å². The van der Waals surface area contributed by atoms with E-state index in [-0.39, 0.29) is 0 Å². The highest BCUT2D eigenvalue weighted by Gasteiger charge is 2.01. The van der Waals surface area contributed by atoms with Gasteiger partial charge in [0.05, 0.1) is 0 Å². The Kier molecular flexibility index (Phi) is 4.20. The van der Waals surface area contributed by atoms with Crippen LogP contribution in [-0.2, 0) is 0 Å². The molecule has 0 aromatic heterocycles. The average Bonchev–Trinajstić information content (AvgIpc) is 2.37. The van der Waals surface area contributed by atoms with Gasteiger partial charge in [-0.25, -0.2) is 0 Å². The van der Waals surface area contributed by atoms with Gasteiger partial charge in [-0.2, -0.15) is 0 Å². The van der Waals surface area contributed by atoms with Crippen LogP contribution in [0.2, 0.25) is 0 Å². The molecular formula is C16H16S2. The highest BCUT2D eigenvalue weighted by Crippen LogP contribution is 2.22. The lowest BCUT2D eigenvalue weighted by molar-refractivity contribution is 1.23. The molecule has 2 aromatic rings. The minimum absolute atomic E-state index is 0.985. The smallest absolute Gasteiger partial charge is 0.00722 e. The zero-order chi connectivity index (χ0) is 13.1. The number of benzene rings is 2. The molecule has 2 rings (SSSR count). The second kappa shape index (κ2) is 5.68. The van der Waals surface area contributed by atoms with Crippen molar-refractivity contribution in [1.82, 2.24) is 0 Å². The lowest BCUT2D eigenvalue weighted by atomic mass is 10.0. The van der Waals surface area contributed by atoms with Crippen LogP contribution in [0.15, 0.2) is 46.2 Å². The fourth-order valence-corrected chi connectivity index (χ4v) is 2.17. The highest BCUT2D eigenvalue weighted by atomic mass is 32.1. The van der Waals surface area contributed by atoms with E-state index in [9.17, 15) is 0 Å². The predicted molar refractivity (Wildman–Crippen MR) is 85.8 cm³/mol. The Bertz CT molecular complexity index is 581. The van der Waals surface area contributed by atoms with Crippen LogP contribution in [0.1, 0.15) is 22.3 Å². The first kappa shape index (κ1) is 13.3. The van der Waals surface area contributed by atoms with Crippen LogP contribution >= 0.6 is 25.3 Å². The van der Waals surface area contributed by atoms with E-state index in [0.29, 0.717) is 0 Å². The van der Waals surface area contributed by atoms with Crippen LogP contribution in [0, 0.1) is 13.8 Å². The Morgan fingerprint density at radius 2 is 1.44 bits per heavy atom. The van der Waals surface area contributed by atoms with E-state index in [1.54, 1.807) is 0 Å². The van der Waals surface area contributed by atoms with Crippen molar-refractivity contribution in [3.05, 3.63) is 58.7 Å². The quantitative estimate of drug-likeness (QED) is 0.554. The van der Waals surface area contributed by atoms with Crippen molar-refractivity contribution in [1.29, 1.82) is 0 Å².